The molecule has 1 unspecified atom stereocenters. The monoisotopic (exact) mass is 471 g/mol. The van der Waals surface area contributed by atoms with Crippen LogP contribution in [0.15, 0.2) is 78.4 Å². The van der Waals surface area contributed by atoms with E-state index in [1.807, 2.05) is 0 Å². The molecule has 1 atom stereocenters. The molecule has 3 aromatic carbocycles. The summed E-state index contributed by atoms with van der Waals surface area (Å²) < 4.78 is 58.6. The van der Waals surface area contributed by atoms with Crippen molar-refractivity contribution < 1.29 is 37.0 Å². The molecule has 1 N–H and O–H groups in total. The minimum atomic E-state index is -4.68. The van der Waals surface area contributed by atoms with Crippen molar-refractivity contribution in [1.29, 1.82) is 0 Å². The van der Waals surface area contributed by atoms with Gasteiger partial charge in [0.1, 0.15) is 17.3 Å². The Morgan fingerprint density at radius 3 is 2.29 bits per heavy atom. The van der Waals surface area contributed by atoms with Gasteiger partial charge in [-0.2, -0.15) is 13.2 Å². The van der Waals surface area contributed by atoms with Crippen LogP contribution < -0.4 is 9.64 Å². The highest BCUT2D eigenvalue weighted by Crippen LogP contribution is 2.44. The zero-order chi connectivity index (χ0) is 24.6. The largest absolute Gasteiger partial charge is 0.507 e. The van der Waals surface area contributed by atoms with Crippen molar-refractivity contribution in [3.8, 4) is 5.75 Å². The maximum atomic E-state index is 13.4. The number of halogens is 4. The first kappa shape index (κ1) is 23.0. The predicted octanol–water partition coefficient (Wildman–Crippen LogP) is 5.48. The van der Waals surface area contributed by atoms with Crippen molar-refractivity contribution in [3.05, 3.63) is 101 Å². The number of aliphatic hydroxyl groups excluding tert-OH is 1. The van der Waals surface area contributed by atoms with Crippen LogP contribution in [0.2, 0.25) is 0 Å². The number of rotatable bonds is 4. The second-order valence-corrected chi connectivity index (χ2v) is 7.50. The summed E-state index contributed by atoms with van der Waals surface area (Å²) in [4.78, 5) is 27.0. The molecule has 0 aromatic heterocycles. The maximum Gasteiger partial charge on any atom is 0.416 e. The molecule has 0 bridgehead atoms. The van der Waals surface area contributed by atoms with E-state index in [1.165, 1.54) is 31.4 Å². The maximum absolute atomic E-state index is 13.4. The summed E-state index contributed by atoms with van der Waals surface area (Å²) in [6.07, 6.45) is -4.68. The number of anilines is 1. The highest BCUT2D eigenvalue weighted by molar-refractivity contribution is 6.51. The van der Waals surface area contributed by atoms with Gasteiger partial charge in [0, 0.05) is 11.3 Å². The fourth-order valence-corrected chi connectivity index (χ4v) is 3.82. The predicted molar refractivity (Wildman–Crippen MR) is 116 cm³/mol. The van der Waals surface area contributed by atoms with Gasteiger partial charge < -0.3 is 9.84 Å². The molecule has 1 aliphatic heterocycles. The summed E-state index contributed by atoms with van der Waals surface area (Å²) in [7, 11) is 1.40. The number of amides is 1. The molecule has 0 spiro atoms. The van der Waals surface area contributed by atoms with Crippen LogP contribution in [-0.2, 0) is 15.8 Å². The van der Waals surface area contributed by atoms with E-state index in [9.17, 15) is 32.3 Å². The first-order valence-corrected chi connectivity index (χ1v) is 10.00. The molecule has 5 nitrogen and oxygen atoms in total. The van der Waals surface area contributed by atoms with E-state index >= 15 is 0 Å². The van der Waals surface area contributed by atoms with Gasteiger partial charge in [0.15, 0.2) is 0 Å². The van der Waals surface area contributed by atoms with Gasteiger partial charge in [0.05, 0.1) is 24.3 Å². The Hall–Kier alpha value is -4.14. The van der Waals surface area contributed by atoms with E-state index in [0.29, 0.717) is 11.3 Å². The summed E-state index contributed by atoms with van der Waals surface area (Å²) in [6.45, 7) is 0. The summed E-state index contributed by atoms with van der Waals surface area (Å²) in [5, 5.41) is 11.0. The smallest absolute Gasteiger partial charge is 0.416 e. The van der Waals surface area contributed by atoms with Gasteiger partial charge in [-0.25, -0.2) is 4.39 Å². The second kappa shape index (κ2) is 8.66. The molecule has 3 aromatic rings. The third kappa shape index (κ3) is 4.12. The lowest BCUT2D eigenvalue weighted by atomic mass is 9.95. The number of Topliss-reactive ketones (excluding diaryl/α,β-unsaturated/α-hetero) is 1. The quantitative estimate of drug-likeness (QED) is 0.237. The third-order valence-corrected chi connectivity index (χ3v) is 5.42. The van der Waals surface area contributed by atoms with Gasteiger partial charge in [-0.3, -0.25) is 14.5 Å². The molecule has 0 aliphatic carbocycles. The molecule has 1 saturated heterocycles. The lowest BCUT2D eigenvalue weighted by molar-refractivity contribution is -0.137. The zero-order valence-corrected chi connectivity index (χ0v) is 17.6. The Kier molecular flexibility index (Phi) is 5.87. The molecular formula is C25H17F4NO4. The van der Waals surface area contributed by atoms with Crippen LogP contribution in [-0.4, -0.2) is 23.9 Å². The summed E-state index contributed by atoms with van der Waals surface area (Å²) >= 11 is 0. The van der Waals surface area contributed by atoms with E-state index < -0.39 is 41.0 Å². The number of hydrogen-bond acceptors (Lipinski definition) is 4. The van der Waals surface area contributed by atoms with Crippen LogP contribution in [0.3, 0.4) is 0 Å². The third-order valence-electron chi connectivity index (χ3n) is 5.42. The minimum Gasteiger partial charge on any atom is -0.507 e. The summed E-state index contributed by atoms with van der Waals surface area (Å²) in [5.41, 5.74) is -1.14. The molecular weight excluding hydrogens is 454 g/mol. The van der Waals surface area contributed by atoms with Gasteiger partial charge >= 0.3 is 6.18 Å². The Bertz CT molecular complexity index is 1300. The Morgan fingerprint density at radius 2 is 1.65 bits per heavy atom. The number of carbonyl (C=O) groups excluding carboxylic acids is 2. The second-order valence-electron chi connectivity index (χ2n) is 7.50. The lowest BCUT2D eigenvalue weighted by Crippen LogP contribution is -2.29. The van der Waals surface area contributed by atoms with Crippen molar-refractivity contribution >= 4 is 23.1 Å². The van der Waals surface area contributed by atoms with E-state index in [0.717, 1.165) is 35.2 Å². The van der Waals surface area contributed by atoms with Crippen molar-refractivity contribution in [2.75, 3.05) is 12.0 Å². The van der Waals surface area contributed by atoms with E-state index in [-0.39, 0.29) is 16.8 Å². The first-order valence-electron chi connectivity index (χ1n) is 10.00. The van der Waals surface area contributed by atoms with E-state index in [2.05, 4.69) is 0 Å². The van der Waals surface area contributed by atoms with Crippen molar-refractivity contribution in [2.45, 2.75) is 12.2 Å². The number of ether oxygens (including phenoxy) is 1. The average Bonchev–Trinajstić information content (AvgIpc) is 3.09. The van der Waals surface area contributed by atoms with Crippen LogP contribution >= 0.6 is 0 Å². The van der Waals surface area contributed by atoms with E-state index in [1.54, 1.807) is 18.2 Å². The van der Waals surface area contributed by atoms with Crippen LogP contribution in [0.25, 0.3) is 5.76 Å². The number of hydrogen-bond donors (Lipinski definition) is 1. The fraction of sp³-hybridized carbons (Fsp3) is 0.120. The number of aliphatic hydroxyl groups is 1. The number of ketones is 1. The van der Waals surface area contributed by atoms with Crippen LogP contribution in [0, 0.1) is 5.82 Å². The molecule has 1 amide bonds. The normalized spacial score (nSPS) is 17.8. The SMILES string of the molecule is COc1cccc(C2/C(=C(\O)c3ccc(F)cc3)C(=O)C(=O)N2c2cccc(C(F)(F)F)c2)c1. The molecule has 0 saturated carbocycles. The van der Waals surface area contributed by atoms with Gasteiger partial charge in [-0.1, -0.05) is 18.2 Å². The molecule has 1 heterocycles. The van der Waals surface area contributed by atoms with Gasteiger partial charge in [-0.15, -0.1) is 0 Å². The molecule has 1 fully saturated rings. The molecule has 1 aliphatic rings. The zero-order valence-electron chi connectivity index (χ0n) is 17.6. The minimum absolute atomic E-state index is 0.0661. The number of carbonyl (C=O) groups is 2. The number of alkyl halides is 3. The van der Waals surface area contributed by atoms with Crippen LogP contribution in [0.1, 0.15) is 22.7 Å². The standard InChI is InChI=1S/C25H17F4NO4/c1-34-19-7-2-4-15(12-19)21-20(22(31)14-8-10-17(26)11-9-14)23(32)24(33)30(21)18-6-3-5-16(13-18)25(27,28)29/h2-13,21,31H,1H3/b22-20+. The van der Waals surface area contributed by atoms with Crippen molar-refractivity contribution in [2.24, 2.45) is 0 Å². The number of methoxy groups -OCH3 is 1. The number of nitrogens with zero attached hydrogens (tertiary/aromatic N) is 1. The summed E-state index contributed by atoms with van der Waals surface area (Å²) in [5.74, 6) is -3.00. The topological polar surface area (TPSA) is 66.8 Å². The fourth-order valence-electron chi connectivity index (χ4n) is 3.82. The van der Waals surface area contributed by atoms with Gasteiger partial charge in [0.2, 0.25) is 0 Å². The summed E-state index contributed by atoms with van der Waals surface area (Å²) in [6, 6.07) is 13.6. The highest BCUT2D eigenvalue weighted by atomic mass is 19.4. The van der Waals surface area contributed by atoms with Crippen LogP contribution in [0.4, 0.5) is 23.2 Å². The Balaban J connectivity index is 1.96. The van der Waals surface area contributed by atoms with Gasteiger partial charge in [0.25, 0.3) is 11.7 Å². The highest BCUT2D eigenvalue weighted by Gasteiger charge is 2.47. The average molecular weight is 471 g/mol. The van der Waals surface area contributed by atoms with Crippen molar-refractivity contribution in [1.82, 2.24) is 0 Å². The van der Waals surface area contributed by atoms with Crippen molar-refractivity contribution in [3.63, 3.8) is 0 Å². The van der Waals surface area contributed by atoms with E-state index in [4.69, 9.17) is 4.74 Å². The molecule has 4 rings (SSSR count). The lowest BCUT2D eigenvalue weighted by Gasteiger charge is -2.26. The van der Waals surface area contributed by atoms with Crippen LogP contribution in [0.5, 0.6) is 5.75 Å². The Morgan fingerprint density at radius 1 is 0.971 bits per heavy atom. The first-order chi connectivity index (χ1) is 16.1. The number of benzene rings is 3. The molecule has 34 heavy (non-hydrogen) atoms. The molecule has 174 valence electrons. The Labute approximate surface area is 191 Å². The van der Waals surface area contributed by atoms with Gasteiger partial charge in [-0.05, 0) is 60.2 Å². The molecule has 9 heteroatoms. The molecule has 0 radical (unpaired) electrons.